The van der Waals surface area contributed by atoms with Gasteiger partial charge in [-0.05, 0) is 38.1 Å². The lowest BCUT2D eigenvalue weighted by Crippen LogP contribution is -2.07. The molecular weight excluding hydrogens is 310 g/mol. The number of esters is 2. The van der Waals surface area contributed by atoms with E-state index in [9.17, 15) is 9.59 Å². The first-order valence-electron chi connectivity index (χ1n) is 7.53. The van der Waals surface area contributed by atoms with Crippen LogP contribution >= 0.6 is 0 Å². The van der Waals surface area contributed by atoms with Gasteiger partial charge >= 0.3 is 11.9 Å². The molecule has 0 aliphatic heterocycles. The van der Waals surface area contributed by atoms with Crippen molar-refractivity contribution in [1.29, 1.82) is 0 Å². The minimum absolute atomic E-state index is 0.295. The van der Waals surface area contributed by atoms with E-state index < -0.39 is 5.97 Å². The van der Waals surface area contributed by atoms with E-state index in [1.807, 2.05) is 24.6 Å². The molecule has 6 nitrogen and oxygen atoms in total. The number of hydrogen-bond acceptors (Lipinski definition) is 5. The van der Waals surface area contributed by atoms with Crippen LogP contribution in [0.4, 0.5) is 0 Å². The van der Waals surface area contributed by atoms with Crippen LogP contribution in [0.2, 0.25) is 0 Å². The van der Waals surface area contributed by atoms with Gasteiger partial charge in [0.1, 0.15) is 12.0 Å². The van der Waals surface area contributed by atoms with Gasteiger partial charge in [0.25, 0.3) is 0 Å². The Bertz CT molecular complexity index is 905. The Hall–Kier alpha value is -3.02. The molecule has 6 heteroatoms. The number of rotatable bonds is 4. The van der Waals surface area contributed by atoms with E-state index in [2.05, 4.69) is 0 Å². The van der Waals surface area contributed by atoms with Crippen LogP contribution in [0.5, 0.6) is 5.75 Å². The van der Waals surface area contributed by atoms with E-state index in [4.69, 9.17) is 13.9 Å². The Balaban J connectivity index is 2.02. The second-order valence-electron chi connectivity index (χ2n) is 5.32. The van der Waals surface area contributed by atoms with Crippen LogP contribution in [0.15, 0.2) is 41.2 Å². The number of carbonyl (C=O) groups is 2. The fourth-order valence-electron chi connectivity index (χ4n) is 2.62. The zero-order valence-electron chi connectivity index (χ0n) is 13.7. The van der Waals surface area contributed by atoms with E-state index >= 15 is 0 Å². The average Bonchev–Trinajstić information content (AvgIpc) is 3.16. The zero-order valence-corrected chi connectivity index (χ0v) is 13.7. The lowest BCUT2D eigenvalue weighted by atomic mass is 10.1. The monoisotopic (exact) mass is 327 g/mol. The fraction of sp³-hybridized carbons (Fsp3) is 0.222. The van der Waals surface area contributed by atoms with E-state index in [1.165, 1.54) is 18.6 Å². The Morgan fingerprint density at radius 2 is 2.00 bits per heavy atom. The number of nitrogens with zero attached hydrogens (tertiary/aromatic N) is 1. The van der Waals surface area contributed by atoms with Crippen molar-refractivity contribution >= 4 is 22.8 Å². The molecule has 0 radical (unpaired) electrons. The molecule has 0 atom stereocenters. The third-order valence-electron chi connectivity index (χ3n) is 3.91. The molecule has 0 N–H and O–H groups in total. The van der Waals surface area contributed by atoms with E-state index in [-0.39, 0.29) is 5.97 Å². The highest BCUT2D eigenvalue weighted by molar-refractivity contribution is 6.06. The van der Waals surface area contributed by atoms with Crippen LogP contribution in [-0.4, -0.2) is 23.1 Å². The Kier molecular flexibility index (Phi) is 4.12. The van der Waals surface area contributed by atoms with E-state index in [0.29, 0.717) is 28.9 Å². The van der Waals surface area contributed by atoms with Crippen molar-refractivity contribution in [1.82, 2.24) is 4.57 Å². The molecule has 0 spiro atoms. The lowest BCUT2D eigenvalue weighted by molar-refractivity contribution is 0.0527. The summed E-state index contributed by atoms with van der Waals surface area (Å²) < 4.78 is 17.3. The SMILES string of the molecule is CCOC(=O)c1c(C)n(C)c2ccc(OC(=O)c3ccoc3)cc12. The first kappa shape index (κ1) is 15.9. The van der Waals surface area contributed by atoms with Crippen LogP contribution in [0.25, 0.3) is 10.9 Å². The summed E-state index contributed by atoms with van der Waals surface area (Å²) in [6.07, 6.45) is 2.72. The topological polar surface area (TPSA) is 70.7 Å². The third-order valence-corrected chi connectivity index (χ3v) is 3.91. The minimum atomic E-state index is -0.520. The van der Waals surface area contributed by atoms with Gasteiger partial charge in [-0.25, -0.2) is 9.59 Å². The molecule has 2 heterocycles. The van der Waals surface area contributed by atoms with Gasteiger partial charge in [-0.3, -0.25) is 0 Å². The van der Waals surface area contributed by atoms with Crippen LogP contribution in [0.3, 0.4) is 0 Å². The summed E-state index contributed by atoms with van der Waals surface area (Å²) in [4.78, 5) is 24.3. The van der Waals surface area contributed by atoms with Gasteiger partial charge in [0.15, 0.2) is 0 Å². The van der Waals surface area contributed by atoms with Crippen molar-refractivity contribution in [3.8, 4) is 5.75 Å². The standard InChI is InChI=1S/C18H17NO5/c1-4-23-18(21)16-11(2)19(3)15-6-5-13(9-14(15)16)24-17(20)12-7-8-22-10-12/h5-10H,4H2,1-3H3. The smallest absolute Gasteiger partial charge is 0.346 e. The van der Waals surface area contributed by atoms with Crippen LogP contribution in [-0.2, 0) is 11.8 Å². The van der Waals surface area contributed by atoms with Gasteiger partial charge in [-0.15, -0.1) is 0 Å². The van der Waals surface area contributed by atoms with Crippen LogP contribution < -0.4 is 4.74 Å². The quantitative estimate of drug-likeness (QED) is 0.542. The largest absolute Gasteiger partial charge is 0.472 e. The Labute approximate surface area is 138 Å². The van der Waals surface area contributed by atoms with Crippen molar-refractivity contribution in [2.75, 3.05) is 6.61 Å². The van der Waals surface area contributed by atoms with E-state index in [1.54, 1.807) is 19.1 Å². The number of aryl methyl sites for hydroxylation is 1. The second-order valence-corrected chi connectivity index (χ2v) is 5.32. The van der Waals surface area contributed by atoms with Crippen LogP contribution in [0.1, 0.15) is 33.3 Å². The molecule has 0 saturated carbocycles. The highest BCUT2D eigenvalue weighted by Gasteiger charge is 2.20. The average molecular weight is 327 g/mol. The molecule has 0 bridgehead atoms. The number of benzene rings is 1. The molecule has 0 aliphatic rings. The van der Waals surface area contributed by atoms with Crippen molar-refractivity contribution in [3.05, 3.63) is 53.6 Å². The maximum atomic E-state index is 12.3. The minimum Gasteiger partial charge on any atom is -0.472 e. The Morgan fingerprint density at radius 1 is 1.21 bits per heavy atom. The van der Waals surface area contributed by atoms with Crippen molar-refractivity contribution in [2.24, 2.45) is 7.05 Å². The third kappa shape index (κ3) is 2.67. The van der Waals surface area contributed by atoms with Crippen molar-refractivity contribution in [2.45, 2.75) is 13.8 Å². The maximum absolute atomic E-state index is 12.3. The number of aromatic nitrogens is 1. The highest BCUT2D eigenvalue weighted by atomic mass is 16.5. The number of furan rings is 1. The van der Waals surface area contributed by atoms with Gasteiger partial charge in [0.05, 0.1) is 24.0 Å². The van der Waals surface area contributed by atoms with Crippen molar-refractivity contribution in [3.63, 3.8) is 0 Å². The molecule has 0 fully saturated rings. The molecule has 24 heavy (non-hydrogen) atoms. The predicted octanol–water partition coefficient (Wildman–Crippen LogP) is 3.48. The zero-order chi connectivity index (χ0) is 17.3. The van der Waals surface area contributed by atoms with Gasteiger partial charge in [0.2, 0.25) is 0 Å². The highest BCUT2D eigenvalue weighted by Crippen LogP contribution is 2.29. The molecule has 0 saturated heterocycles. The summed E-state index contributed by atoms with van der Waals surface area (Å²) in [7, 11) is 1.87. The molecule has 3 aromatic rings. The summed E-state index contributed by atoms with van der Waals surface area (Å²) in [5.41, 5.74) is 2.46. The number of carbonyl (C=O) groups excluding carboxylic acids is 2. The molecule has 0 amide bonds. The number of hydrogen-bond donors (Lipinski definition) is 0. The number of ether oxygens (including phenoxy) is 2. The normalized spacial score (nSPS) is 10.8. The fourth-order valence-corrected chi connectivity index (χ4v) is 2.62. The number of fused-ring (bicyclic) bond motifs is 1. The molecule has 1 aromatic carbocycles. The van der Waals surface area contributed by atoms with Gasteiger partial charge in [0, 0.05) is 23.6 Å². The van der Waals surface area contributed by atoms with Crippen LogP contribution in [0, 0.1) is 6.92 Å². The molecule has 0 unspecified atom stereocenters. The summed E-state index contributed by atoms with van der Waals surface area (Å²) in [5.74, 6) is -0.558. The summed E-state index contributed by atoms with van der Waals surface area (Å²) in [5, 5.41) is 0.686. The maximum Gasteiger partial charge on any atom is 0.346 e. The van der Waals surface area contributed by atoms with Gasteiger partial charge in [-0.2, -0.15) is 0 Å². The van der Waals surface area contributed by atoms with Gasteiger partial charge in [-0.1, -0.05) is 0 Å². The molecule has 124 valence electrons. The van der Waals surface area contributed by atoms with Gasteiger partial charge < -0.3 is 18.5 Å². The summed E-state index contributed by atoms with van der Waals surface area (Å²) in [6.45, 7) is 3.91. The first-order valence-corrected chi connectivity index (χ1v) is 7.53. The molecule has 2 aromatic heterocycles. The molecule has 3 rings (SSSR count). The van der Waals surface area contributed by atoms with Crippen molar-refractivity contribution < 1.29 is 23.5 Å². The Morgan fingerprint density at radius 3 is 2.67 bits per heavy atom. The summed E-state index contributed by atoms with van der Waals surface area (Å²) in [6, 6.07) is 6.70. The first-order chi connectivity index (χ1) is 11.5. The molecule has 0 aliphatic carbocycles. The summed E-state index contributed by atoms with van der Waals surface area (Å²) >= 11 is 0. The lowest BCUT2D eigenvalue weighted by Gasteiger charge is -2.04. The second kappa shape index (κ2) is 6.23. The molecular formula is C18H17NO5. The van der Waals surface area contributed by atoms with E-state index in [0.717, 1.165) is 11.2 Å². The predicted molar refractivity (Wildman–Crippen MR) is 87.3 cm³/mol.